The maximum absolute atomic E-state index is 12.4. The van der Waals surface area contributed by atoms with Gasteiger partial charge in [0.05, 0.1) is 0 Å². The van der Waals surface area contributed by atoms with Crippen LogP contribution in [0.25, 0.3) is 0 Å². The summed E-state index contributed by atoms with van der Waals surface area (Å²) in [5, 5.41) is 6.47. The number of fused-ring (bicyclic) bond motifs is 2. The number of hydrogen-bond donors (Lipinski definition) is 2. The molecule has 2 fully saturated rings. The van der Waals surface area contributed by atoms with Crippen LogP contribution in [0.3, 0.4) is 0 Å². The lowest BCUT2D eigenvalue weighted by Crippen LogP contribution is -2.47. The minimum Gasteiger partial charge on any atom is -0.433 e. The predicted octanol–water partition coefficient (Wildman–Crippen LogP) is 3.09. The molecule has 0 radical (unpaired) electrons. The van der Waals surface area contributed by atoms with Crippen LogP contribution >= 0.6 is 23.7 Å². The molecule has 2 bridgehead atoms. The van der Waals surface area contributed by atoms with Crippen LogP contribution in [0.4, 0.5) is 8.78 Å². The standard InChI is InChI=1S/C14H18F2N2O2S.ClH/c1-7-4-11(20-14(15)16)12(21-7)13(19)18-10-5-8-2-3-9(6-10)17-8;/h4,8-10,14,17H,2-3,5-6H2,1H3,(H,18,19);1H. The summed E-state index contributed by atoms with van der Waals surface area (Å²) in [6.45, 7) is -1.15. The summed E-state index contributed by atoms with van der Waals surface area (Å²) in [6.07, 6.45) is 4.10. The Labute approximate surface area is 138 Å². The van der Waals surface area contributed by atoms with Gasteiger partial charge in [-0.05, 0) is 38.7 Å². The fourth-order valence-corrected chi connectivity index (χ4v) is 4.11. The number of ether oxygens (including phenoxy) is 1. The Morgan fingerprint density at radius 1 is 1.41 bits per heavy atom. The third kappa shape index (κ3) is 3.88. The quantitative estimate of drug-likeness (QED) is 0.875. The topological polar surface area (TPSA) is 50.4 Å². The van der Waals surface area contributed by atoms with Gasteiger partial charge in [-0.25, -0.2) is 0 Å². The minimum atomic E-state index is -2.92. The molecule has 8 heteroatoms. The van der Waals surface area contributed by atoms with E-state index in [0.717, 1.165) is 30.6 Å². The number of nitrogens with one attached hydrogen (secondary N) is 2. The van der Waals surface area contributed by atoms with E-state index >= 15 is 0 Å². The van der Waals surface area contributed by atoms with Crippen LogP contribution in [0.1, 0.15) is 40.2 Å². The first-order valence-electron chi connectivity index (χ1n) is 7.13. The minimum absolute atomic E-state index is 0. The zero-order valence-electron chi connectivity index (χ0n) is 12.1. The molecule has 0 spiro atoms. The molecule has 2 aliphatic rings. The number of alkyl halides is 2. The van der Waals surface area contributed by atoms with E-state index < -0.39 is 6.61 Å². The molecule has 2 N–H and O–H groups in total. The third-order valence-corrected chi connectivity index (χ3v) is 5.08. The van der Waals surface area contributed by atoms with Crippen molar-refractivity contribution in [1.29, 1.82) is 0 Å². The molecule has 3 rings (SSSR count). The summed E-state index contributed by atoms with van der Waals surface area (Å²) in [5.41, 5.74) is 0. The van der Waals surface area contributed by atoms with Gasteiger partial charge >= 0.3 is 6.61 Å². The highest BCUT2D eigenvalue weighted by atomic mass is 35.5. The summed E-state index contributed by atoms with van der Waals surface area (Å²) in [6, 6.07) is 2.53. The molecule has 1 aromatic heterocycles. The van der Waals surface area contributed by atoms with Crippen molar-refractivity contribution in [2.24, 2.45) is 0 Å². The second kappa shape index (κ2) is 7.10. The molecule has 2 atom stereocenters. The highest BCUT2D eigenvalue weighted by molar-refractivity contribution is 7.14. The number of halogens is 3. The van der Waals surface area contributed by atoms with Crippen molar-refractivity contribution in [3.63, 3.8) is 0 Å². The lowest BCUT2D eigenvalue weighted by atomic mass is 10.00. The fraction of sp³-hybridized carbons (Fsp3) is 0.643. The van der Waals surface area contributed by atoms with Gasteiger partial charge in [-0.3, -0.25) is 4.79 Å². The number of piperidine rings is 1. The zero-order chi connectivity index (χ0) is 15.0. The van der Waals surface area contributed by atoms with Crippen LogP contribution < -0.4 is 15.4 Å². The Morgan fingerprint density at radius 3 is 2.64 bits per heavy atom. The van der Waals surface area contributed by atoms with Crippen molar-refractivity contribution in [3.05, 3.63) is 15.8 Å². The number of rotatable bonds is 4. The van der Waals surface area contributed by atoms with E-state index in [0.29, 0.717) is 12.1 Å². The van der Waals surface area contributed by atoms with Gasteiger partial charge in [-0.1, -0.05) is 0 Å². The van der Waals surface area contributed by atoms with Crippen molar-refractivity contribution in [2.75, 3.05) is 0 Å². The summed E-state index contributed by atoms with van der Waals surface area (Å²) >= 11 is 1.18. The number of carbonyl (C=O) groups is 1. The van der Waals surface area contributed by atoms with Crippen LogP contribution in [0.2, 0.25) is 0 Å². The molecule has 4 nitrogen and oxygen atoms in total. The Bertz CT molecular complexity index is 529. The highest BCUT2D eigenvalue weighted by Gasteiger charge is 2.34. The second-order valence-electron chi connectivity index (χ2n) is 5.71. The van der Waals surface area contributed by atoms with Crippen LogP contribution in [-0.2, 0) is 0 Å². The van der Waals surface area contributed by atoms with Gasteiger partial charge in [0, 0.05) is 23.0 Å². The Balaban J connectivity index is 0.00000176. The van der Waals surface area contributed by atoms with Crippen molar-refractivity contribution in [1.82, 2.24) is 10.6 Å². The predicted molar refractivity (Wildman–Crippen MR) is 83.4 cm³/mol. The van der Waals surface area contributed by atoms with E-state index in [1.54, 1.807) is 6.92 Å². The summed E-state index contributed by atoms with van der Waals surface area (Å²) in [7, 11) is 0. The largest absolute Gasteiger partial charge is 0.433 e. The Morgan fingerprint density at radius 2 is 2.05 bits per heavy atom. The Kier molecular flexibility index (Phi) is 5.63. The number of amides is 1. The van der Waals surface area contributed by atoms with Crippen molar-refractivity contribution < 1.29 is 18.3 Å². The SMILES string of the molecule is Cc1cc(OC(F)F)c(C(=O)NC2CC3CCC(C2)N3)s1.Cl. The molecule has 1 amide bonds. The van der Waals surface area contributed by atoms with E-state index in [4.69, 9.17) is 0 Å². The van der Waals surface area contributed by atoms with E-state index in [1.165, 1.54) is 17.4 Å². The molecule has 22 heavy (non-hydrogen) atoms. The first kappa shape index (κ1) is 17.4. The lowest BCUT2D eigenvalue weighted by molar-refractivity contribution is -0.0498. The highest BCUT2D eigenvalue weighted by Crippen LogP contribution is 2.31. The van der Waals surface area contributed by atoms with Gasteiger partial charge in [0.2, 0.25) is 0 Å². The van der Waals surface area contributed by atoms with E-state index in [2.05, 4.69) is 15.4 Å². The normalized spacial score (nSPS) is 26.6. The molecule has 0 saturated carbocycles. The molecule has 2 saturated heterocycles. The van der Waals surface area contributed by atoms with Crippen LogP contribution in [0, 0.1) is 6.92 Å². The molecule has 1 aromatic rings. The van der Waals surface area contributed by atoms with Gasteiger partial charge in [0.25, 0.3) is 5.91 Å². The van der Waals surface area contributed by atoms with E-state index in [1.807, 2.05) is 0 Å². The van der Waals surface area contributed by atoms with Gasteiger partial charge in [-0.2, -0.15) is 8.78 Å². The lowest BCUT2D eigenvalue weighted by Gasteiger charge is -2.29. The molecule has 124 valence electrons. The average molecular weight is 353 g/mol. The average Bonchev–Trinajstić information content (AvgIpc) is 2.92. The van der Waals surface area contributed by atoms with Crippen molar-refractivity contribution in [3.8, 4) is 5.75 Å². The molecular weight excluding hydrogens is 334 g/mol. The maximum Gasteiger partial charge on any atom is 0.387 e. The van der Waals surface area contributed by atoms with Crippen LogP contribution in [-0.4, -0.2) is 30.6 Å². The molecule has 0 aromatic carbocycles. The van der Waals surface area contributed by atoms with Gasteiger partial charge in [-0.15, -0.1) is 23.7 Å². The maximum atomic E-state index is 12.4. The zero-order valence-corrected chi connectivity index (χ0v) is 13.7. The van der Waals surface area contributed by atoms with Crippen molar-refractivity contribution >= 4 is 29.7 Å². The van der Waals surface area contributed by atoms with E-state index in [9.17, 15) is 13.6 Å². The number of carbonyl (C=O) groups excluding carboxylic acids is 1. The smallest absolute Gasteiger partial charge is 0.387 e. The fourth-order valence-electron chi connectivity index (χ4n) is 3.26. The molecule has 2 aliphatic heterocycles. The van der Waals surface area contributed by atoms with Crippen LogP contribution in [0.15, 0.2) is 6.07 Å². The molecule has 2 unspecified atom stereocenters. The molecule has 3 heterocycles. The van der Waals surface area contributed by atoms with Gasteiger partial charge in [0.15, 0.2) is 0 Å². The Hall–Kier alpha value is -0.920. The van der Waals surface area contributed by atoms with Crippen LogP contribution in [0.5, 0.6) is 5.75 Å². The third-order valence-electron chi connectivity index (χ3n) is 4.05. The summed E-state index contributed by atoms with van der Waals surface area (Å²) in [5.74, 6) is -0.336. The van der Waals surface area contributed by atoms with E-state index in [-0.39, 0.29) is 35.0 Å². The first-order valence-corrected chi connectivity index (χ1v) is 7.95. The summed E-state index contributed by atoms with van der Waals surface area (Å²) < 4.78 is 29.2. The second-order valence-corrected chi connectivity index (χ2v) is 6.96. The summed E-state index contributed by atoms with van der Waals surface area (Å²) in [4.78, 5) is 13.3. The van der Waals surface area contributed by atoms with Gasteiger partial charge in [0.1, 0.15) is 10.6 Å². The van der Waals surface area contributed by atoms with Crippen molar-refractivity contribution in [2.45, 2.75) is 57.3 Å². The molecular formula is C14H19ClF2N2O2S. The number of thiophene rings is 1. The molecule has 0 aliphatic carbocycles. The first-order chi connectivity index (χ1) is 10.0. The number of hydrogen-bond acceptors (Lipinski definition) is 4. The van der Waals surface area contributed by atoms with Gasteiger partial charge < -0.3 is 15.4 Å². The monoisotopic (exact) mass is 352 g/mol. The number of aryl methyl sites for hydroxylation is 1.